The van der Waals surface area contributed by atoms with E-state index in [1.807, 2.05) is 13.2 Å². The Balaban J connectivity index is 2.29. The number of hydrogen-bond donors (Lipinski definition) is 1. The standard InChI is InChI=1S/C13H25NO3S2/c1-12(2,9-16-4)11-13(3,17-11)8-14-10(15)6-7-19-18-5/h11H,6-9H2,1-5H3,(H,14,15). The molecule has 0 aliphatic carbocycles. The zero-order chi connectivity index (χ0) is 14.5. The molecule has 1 amide bonds. The van der Waals surface area contributed by atoms with Crippen LogP contribution >= 0.6 is 21.6 Å². The molecule has 0 radical (unpaired) electrons. The van der Waals surface area contributed by atoms with E-state index in [0.29, 0.717) is 19.6 Å². The second-order valence-electron chi connectivity index (χ2n) is 5.75. The molecule has 0 aromatic carbocycles. The van der Waals surface area contributed by atoms with Gasteiger partial charge in [-0.3, -0.25) is 4.79 Å². The van der Waals surface area contributed by atoms with E-state index in [-0.39, 0.29) is 23.0 Å². The number of methoxy groups -OCH3 is 1. The predicted octanol–water partition coefficient (Wildman–Crippen LogP) is 2.33. The third-order valence-corrected chi connectivity index (χ3v) is 5.09. The van der Waals surface area contributed by atoms with Gasteiger partial charge in [0.2, 0.25) is 5.91 Å². The van der Waals surface area contributed by atoms with Gasteiger partial charge in [0.1, 0.15) is 5.60 Å². The zero-order valence-corrected chi connectivity index (χ0v) is 14.1. The minimum Gasteiger partial charge on any atom is -0.384 e. The normalized spacial score (nSPS) is 26.3. The van der Waals surface area contributed by atoms with Crippen LogP contribution in [-0.4, -0.2) is 49.9 Å². The first-order valence-electron chi connectivity index (χ1n) is 6.45. The molecule has 1 aliphatic rings. The number of amides is 1. The lowest BCUT2D eigenvalue weighted by molar-refractivity contribution is -0.120. The Hall–Kier alpha value is 0.0900. The molecule has 4 nitrogen and oxygen atoms in total. The number of carbonyl (C=O) groups is 1. The van der Waals surface area contributed by atoms with Gasteiger partial charge in [0.25, 0.3) is 0 Å². The van der Waals surface area contributed by atoms with Gasteiger partial charge in [-0.1, -0.05) is 35.4 Å². The van der Waals surface area contributed by atoms with Gasteiger partial charge in [0.05, 0.1) is 12.7 Å². The summed E-state index contributed by atoms with van der Waals surface area (Å²) < 4.78 is 11.0. The monoisotopic (exact) mass is 307 g/mol. The summed E-state index contributed by atoms with van der Waals surface area (Å²) in [6.07, 6.45) is 2.72. The first-order chi connectivity index (χ1) is 8.85. The summed E-state index contributed by atoms with van der Waals surface area (Å²) in [5.74, 6) is 0.949. The van der Waals surface area contributed by atoms with Crippen LogP contribution in [0.1, 0.15) is 27.2 Å². The fraction of sp³-hybridized carbons (Fsp3) is 0.923. The Bertz CT molecular complexity index is 312. The molecule has 1 N–H and O–H groups in total. The average Bonchev–Trinajstić information content (AvgIpc) is 3.01. The predicted molar refractivity (Wildman–Crippen MR) is 82.5 cm³/mol. The Morgan fingerprint density at radius 3 is 2.79 bits per heavy atom. The van der Waals surface area contributed by atoms with Crippen molar-refractivity contribution in [2.45, 2.75) is 38.9 Å². The molecule has 0 aromatic heterocycles. The highest BCUT2D eigenvalue weighted by molar-refractivity contribution is 8.76. The summed E-state index contributed by atoms with van der Waals surface area (Å²) in [6.45, 7) is 7.54. The Kier molecular flexibility index (Phi) is 6.50. The summed E-state index contributed by atoms with van der Waals surface area (Å²) in [7, 11) is 5.09. The minimum atomic E-state index is -0.246. The quantitative estimate of drug-likeness (QED) is 0.402. The van der Waals surface area contributed by atoms with Crippen molar-refractivity contribution in [3.63, 3.8) is 0 Å². The van der Waals surface area contributed by atoms with Crippen LogP contribution < -0.4 is 5.32 Å². The highest BCUT2D eigenvalue weighted by Crippen LogP contribution is 2.47. The second kappa shape index (κ2) is 7.20. The van der Waals surface area contributed by atoms with E-state index in [1.165, 1.54) is 0 Å². The number of carbonyl (C=O) groups excluding carboxylic acids is 1. The molecule has 19 heavy (non-hydrogen) atoms. The van der Waals surface area contributed by atoms with Crippen LogP contribution in [0.4, 0.5) is 0 Å². The van der Waals surface area contributed by atoms with Crippen molar-refractivity contribution in [1.82, 2.24) is 5.32 Å². The maximum Gasteiger partial charge on any atom is 0.220 e. The lowest BCUT2D eigenvalue weighted by Crippen LogP contribution is -2.38. The van der Waals surface area contributed by atoms with Crippen molar-refractivity contribution < 1.29 is 14.3 Å². The molecule has 0 saturated carbocycles. The lowest BCUT2D eigenvalue weighted by atomic mass is 9.84. The number of hydrogen-bond acceptors (Lipinski definition) is 5. The van der Waals surface area contributed by atoms with Gasteiger partial charge in [-0.25, -0.2) is 0 Å². The average molecular weight is 307 g/mol. The van der Waals surface area contributed by atoms with Crippen LogP contribution in [0.15, 0.2) is 0 Å². The van der Waals surface area contributed by atoms with Crippen molar-refractivity contribution in [1.29, 1.82) is 0 Å². The topological polar surface area (TPSA) is 50.9 Å². The highest BCUT2D eigenvalue weighted by atomic mass is 33.1. The maximum absolute atomic E-state index is 11.7. The summed E-state index contributed by atoms with van der Waals surface area (Å²) in [5, 5.41) is 2.96. The summed E-state index contributed by atoms with van der Waals surface area (Å²) in [4.78, 5) is 11.7. The van der Waals surface area contributed by atoms with Gasteiger partial charge in [-0.2, -0.15) is 0 Å². The molecule has 1 rings (SSSR count). The van der Waals surface area contributed by atoms with Crippen LogP contribution in [0.5, 0.6) is 0 Å². The second-order valence-corrected chi connectivity index (χ2v) is 8.43. The van der Waals surface area contributed by atoms with Gasteiger partial charge in [0, 0.05) is 31.2 Å². The SMILES string of the molecule is COCC(C)(C)C1OC1(C)CNC(=O)CCSSC. The third-order valence-electron chi connectivity index (χ3n) is 3.28. The van der Waals surface area contributed by atoms with Gasteiger partial charge >= 0.3 is 0 Å². The Labute approximate surface area is 124 Å². The van der Waals surface area contributed by atoms with Crippen molar-refractivity contribution in [2.24, 2.45) is 5.41 Å². The highest BCUT2D eigenvalue weighted by Gasteiger charge is 2.59. The molecule has 2 unspecified atom stereocenters. The van der Waals surface area contributed by atoms with Gasteiger partial charge in [-0.05, 0) is 13.2 Å². The molecule has 1 saturated heterocycles. The van der Waals surface area contributed by atoms with Crippen molar-refractivity contribution in [2.75, 3.05) is 32.3 Å². The summed E-state index contributed by atoms with van der Waals surface area (Å²) in [6, 6.07) is 0. The fourth-order valence-electron chi connectivity index (χ4n) is 2.38. The molecule has 6 heteroatoms. The fourth-order valence-corrected chi connectivity index (χ4v) is 3.57. The number of ether oxygens (including phenoxy) is 2. The van der Waals surface area contributed by atoms with Crippen LogP contribution in [0.2, 0.25) is 0 Å². The van der Waals surface area contributed by atoms with Crippen molar-refractivity contribution in [3.8, 4) is 0 Å². The maximum atomic E-state index is 11.7. The van der Waals surface area contributed by atoms with E-state index in [4.69, 9.17) is 9.47 Å². The molecule has 1 aliphatic heterocycles. The largest absolute Gasteiger partial charge is 0.384 e. The number of nitrogens with one attached hydrogen (secondary N) is 1. The number of epoxide rings is 1. The van der Waals surface area contributed by atoms with E-state index in [1.54, 1.807) is 28.7 Å². The first-order valence-corrected chi connectivity index (χ1v) is 9.17. The summed E-state index contributed by atoms with van der Waals surface area (Å²) >= 11 is 0. The molecule has 2 atom stereocenters. The number of rotatable bonds is 9. The third kappa shape index (κ3) is 5.17. The van der Waals surface area contributed by atoms with Crippen LogP contribution in [0, 0.1) is 5.41 Å². The van der Waals surface area contributed by atoms with Crippen LogP contribution in [-0.2, 0) is 14.3 Å². The molecular weight excluding hydrogens is 282 g/mol. The molecule has 0 bridgehead atoms. The van der Waals surface area contributed by atoms with E-state index in [0.717, 1.165) is 5.75 Å². The lowest BCUT2D eigenvalue weighted by Gasteiger charge is -2.22. The zero-order valence-electron chi connectivity index (χ0n) is 12.4. The van der Waals surface area contributed by atoms with E-state index >= 15 is 0 Å². The molecule has 0 spiro atoms. The van der Waals surface area contributed by atoms with E-state index in [2.05, 4.69) is 19.2 Å². The summed E-state index contributed by atoms with van der Waals surface area (Å²) in [5.41, 5.74) is -0.271. The first kappa shape index (κ1) is 17.1. The Morgan fingerprint density at radius 2 is 2.21 bits per heavy atom. The molecule has 112 valence electrons. The Morgan fingerprint density at radius 1 is 1.53 bits per heavy atom. The van der Waals surface area contributed by atoms with E-state index < -0.39 is 0 Å². The van der Waals surface area contributed by atoms with Crippen molar-refractivity contribution in [3.05, 3.63) is 0 Å². The molecular formula is C13H25NO3S2. The molecule has 1 fully saturated rings. The van der Waals surface area contributed by atoms with Crippen LogP contribution in [0.3, 0.4) is 0 Å². The van der Waals surface area contributed by atoms with Crippen LogP contribution in [0.25, 0.3) is 0 Å². The van der Waals surface area contributed by atoms with E-state index in [9.17, 15) is 4.79 Å². The van der Waals surface area contributed by atoms with Gasteiger partial charge in [-0.15, -0.1) is 0 Å². The molecule has 0 aromatic rings. The van der Waals surface area contributed by atoms with Gasteiger partial charge < -0.3 is 14.8 Å². The smallest absolute Gasteiger partial charge is 0.220 e. The minimum absolute atomic E-state index is 0.0249. The molecule has 1 heterocycles. The van der Waals surface area contributed by atoms with Crippen molar-refractivity contribution >= 4 is 27.5 Å². The van der Waals surface area contributed by atoms with Gasteiger partial charge in [0.15, 0.2) is 0 Å².